The van der Waals surface area contributed by atoms with Crippen LogP contribution < -0.4 is 10.6 Å². The van der Waals surface area contributed by atoms with Gasteiger partial charge in [-0.05, 0) is 32.1 Å². The Kier molecular flexibility index (Phi) is 6.32. The van der Waals surface area contributed by atoms with Crippen molar-refractivity contribution in [1.82, 2.24) is 15.5 Å². The van der Waals surface area contributed by atoms with Gasteiger partial charge < -0.3 is 20.6 Å². The molecule has 0 aliphatic heterocycles. The Bertz CT molecular complexity index is 407. The van der Waals surface area contributed by atoms with Gasteiger partial charge in [0.15, 0.2) is 0 Å². The van der Waals surface area contributed by atoms with E-state index in [0.717, 1.165) is 12.1 Å². The second-order valence-corrected chi connectivity index (χ2v) is 4.97. The minimum absolute atomic E-state index is 0.0638. The molecular weight excluding hydrogens is 242 g/mol. The number of benzene rings is 1. The monoisotopic (exact) mass is 265 g/mol. The molecule has 1 aromatic rings. The van der Waals surface area contributed by atoms with Gasteiger partial charge >= 0.3 is 6.03 Å². The molecule has 1 atom stereocenters. The zero-order valence-corrected chi connectivity index (χ0v) is 11.8. The summed E-state index contributed by atoms with van der Waals surface area (Å²) in [5.41, 5.74) is 2.28. The molecule has 0 aromatic heterocycles. The van der Waals surface area contributed by atoms with E-state index < -0.39 is 0 Å². The first-order chi connectivity index (χ1) is 9.01. The van der Waals surface area contributed by atoms with Crippen LogP contribution in [0.5, 0.6) is 0 Å². The number of nitrogens with one attached hydrogen (secondary N) is 2. The Labute approximate surface area is 114 Å². The van der Waals surface area contributed by atoms with Crippen molar-refractivity contribution >= 4 is 6.03 Å². The first-order valence-electron chi connectivity index (χ1n) is 6.39. The van der Waals surface area contributed by atoms with E-state index in [2.05, 4.69) is 27.7 Å². The van der Waals surface area contributed by atoms with Crippen LogP contribution in [-0.2, 0) is 13.1 Å². The number of amides is 2. The third-order valence-corrected chi connectivity index (χ3v) is 2.59. The van der Waals surface area contributed by atoms with E-state index in [-0.39, 0.29) is 18.7 Å². The zero-order valence-electron chi connectivity index (χ0n) is 11.8. The highest BCUT2D eigenvalue weighted by atomic mass is 16.3. The lowest BCUT2D eigenvalue weighted by Crippen LogP contribution is -2.41. The van der Waals surface area contributed by atoms with Crippen LogP contribution in [0.25, 0.3) is 0 Å². The molecule has 19 heavy (non-hydrogen) atoms. The molecule has 0 aliphatic carbocycles. The van der Waals surface area contributed by atoms with Crippen molar-refractivity contribution in [2.45, 2.75) is 26.1 Å². The molecule has 3 N–H and O–H groups in total. The molecule has 0 spiro atoms. The summed E-state index contributed by atoms with van der Waals surface area (Å²) >= 11 is 0. The molecule has 2 amide bonds. The van der Waals surface area contributed by atoms with Crippen LogP contribution in [0.3, 0.4) is 0 Å². The van der Waals surface area contributed by atoms with Crippen molar-refractivity contribution in [2.24, 2.45) is 0 Å². The number of hydrogen-bond donors (Lipinski definition) is 3. The Hall–Kier alpha value is -1.59. The molecule has 5 heteroatoms. The van der Waals surface area contributed by atoms with Crippen molar-refractivity contribution < 1.29 is 9.90 Å². The number of urea groups is 1. The number of rotatable bonds is 6. The summed E-state index contributed by atoms with van der Waals surface area (Å²) in [7, 11) is 4.04. The smallest absolute Gasteiger partial charge is 0.315 e. The quantitative estimate of drug-likeness (QED) is 0.717. The summed E-state index contributed by atoms with van der Waals surface area (Å²) in [6.45, 7) is 3.04. The molecule has 0 saturated heterocycles. The number of aliphatic hydroxyl groups excluding tert-OH is 1. The average molecular weight is 265 g/mol. The van der Waals surface area contributed by atoms with E-state index in [1.807, 2.05) is 26.2 Å². The van der Waals surface area contributed by atoms with Gasteiger partial charge in [-0.3, -0.25) is 0 Å². The van der Waals surface area contributed by atoms with Crippen molar-refractivity contribution in [3.05, 3.63) is 35.4 Å². The number of hydrogen-bond acceptors (Lipinski definition) is 3. The van der Waals surface area contributed by atoms with Crippen molar-refractivity contribution in [2.75, 3.05) is 20.7 Å². The van der Waals surface area contributed by atoms with E-state index in [0.29, 0.717) is 6.54 Å². The molecule has 0 radical (unpaired) electrons. The molecule has 0 bridgehead atoms. The predicted molar refractivity (Wildman–Crippen MR) is 75.8 cm³/mol. The molecule has 0 fully saturated rings. The van der Waals surface area contributed by atoms with Crippen LogP contribution in [0.1, 0.15) is 18.1 Å². The van der Waals surface area contributed by atoms with E-state index in [1.165, 1.54) is 5.56 Å². The second-order valence-electron chi connectivity index (χ2n) is 4.97. The first kappa shape index (κ1) is 15.5. The Balaban J connectivity index is 2.46. The second kappa shape index (κ2) is 7.76. The average Bonchev–Trinajstić information content (AvgIpc) is 2.36. The molecule has 0 heterocycles. The minimum atomic E-state index is -0.264. The van der Waals surface area contributed by atoms with Gasteiger partial charge in [-0.2, -0.15) is 0 Å². The maximum absolute atomic E-state index is 11.5. The van der Waals surface area contributed by atoms with Gasteiger partial charge in [0.05, 0.1) is 12.6 Å². The highest BCUT2D eigenvalue weighted by molar-refractivity contribution is 5.74. The molecule has 1 aromatic carbocycles. The van der Waals surface area contributed by atoms with Crippen molar-refractivity contribution in [3.63, 3.8) is 0 Å². The summed E-state index contributed by atoms with van der Waals surface area (Å²) in [6, 6.07) is 7.62. The fourth-order valence-corrected chi connectivity index (χ4v) is 1.71. The summed E-state index contributed by atoms with van der Waals surface area (Å²) < 4.78 is 0. The van der Waals surface area contributed by atoms with E-state index in [4.69, 9.17) is 5.11 Å². The van der Waals surface area contributed by atoms with Gasteiger partial charge in [-0.15, -0.1) is 0 Å². The molecular formula is C14H23N3O2. The van der Waals surface area contributed by atoms with Crippen LogP contribution in [0.4, 0.5) is 4.79 Å². The van der Waals surface area contributed by atoms with Crippen LogP contribution in [0.15, 0.2) is 24.3 Å². The summed E-state index contributed by atoms with van der Waals surface area (Å²) in [5, 5.41) is 14.3. The number of aliphatic hydroxyl groups is 1. The topological polar surface area (TPSA) is 64.6 Å². The molecule has 1 rings (SSSR count). The standard InChI is InChI=1S/C14H23N3O2/c1-11(10-18)16-14(19)15-8-12-5-4-6-13(7-12)9-17(2)3/h4-7,11,18H,8-10H2,1-3H3,(H2,15,16,19). The van der Waals surface area contributed by atoms with Gasteiger partial charge in [0, 0.05) is 13.1 Å². The third-order valence-electron chi connectivity index (χ3n) is 2.59. The van der Waals surface area contributed by atoms with Gasteiger partial charge in [0.2, 0.25) is 0 Å². The van der Waals surface area contributed by atoms with E-state index in [1.54, 1.807) is 6.92 Å². The number of carbonyl (C=O) groups excluding carboxylic acids is 1. The van der Waals surface area contributed by atoms with Crippen molar-refractivity contribution in [1.29, 1.82) is 0 Å². The first-order valence-corrected chi connectivity index (χ1v) is 6.39. The lowest BCUT2D eigenvalue weighted by molar-refractivity contribution is 0.220. The SMILES string of the molecule is CC(CO)NC(=O)NCc1cccc(CN(C)C)c1. The fraction of sp³-hybridized carbons (Fsp3) is 0.500. The van der Waals surface area contributed by atoms with E-state index >= 15 is 0 Å². The number of nitrogens with zero attached hydrogens (tertiary/aromatic N) is 1. The van der Waals surface area contributed by atoms with E-state index in [9.17, 15) is 4.79 Å². The fourth-order valence-electron chi connectivity index (χ4n) is 1.71. The third kappa shape index (κ3) is 6.22. The molecule has 5 nitrogen and oxygen atoms in total. The highest BCUT2D eigenvalue weighted by Gasteiger charge is 2.05. The molecule has 0 aliphatic rings. The van der Waals surface area contributed by atoms with Crippen molar-refractivity contribution in [3.8, 4) is 0 Å². The maximum Gasteiger partial charge on any atom is 0.315 e. The summed E-state index contributed by atoms with van der Waals surface area (Å²) in [5.74, 6) is 0. The molecule has 0 saturated carbocycles. The Morgan fingerprint density at radius 3 is 2.68 bits per heavy atom. The van der Waals surface area contributed by atoms with Gasteiger partial charge in [0.1, 0.15) is 0 Å². The normalized spacial score (nSPS) is 12.3. The van der Waals surface area contributed by atoms with Crippen LogP contribution >= 0.6 is 0 Å². The highest BCUT2D eigenvalue weighted by Crippen LogP contribution is 2.06. The molecule has 106 valence electrons. The lowest BCUT2D eigenvalue weighted by atomic mass is 10.1. The van der Waals surface area contributed by atoms with Gasteiger partial charge in [0.25, 0.3) is 0 Å². The molecule has 1 unspecified atom stereocenters. The Morgan fingerprint density at radius 1 is 1.37 bits per heavy atom. The largest absolute Gasteiger partial charge is 0.394 e. The van der Waals surface area contributed by atoms with Crippen LogP contribution in [0.2, 0.25) is 0 Å². The van der Waals surface area contributed by atoms with Crippen LogP contribution in [-0.4, -0.2) is 42.8 Å². The minimum Gasteiger partial charge on any atom is -0.394 e. The summed E-state index contributed by atoms with van der Waals surface area (Å²) in [4.78, 5) is 13.6. The predicted octanol–water partition coefficient (Wildman–Crippen LogP) is 0.928. The lowest BCUT2D eigenvalue weighted by Gasteiger charge is -2.13. The van der Waals surface area contributed by atoms with Gasteiger partial charge in [-0.25, -0.2) is 4.79 Å². The zero-order chi connectivity index (χ0) is 14.3. The summed E-state index contributed by atoms with van der Waals surface area (Å²) in [6.07, 6.45) is 0. The Morgan fingerprint density at radius 2 is 2.05 bits per heavy atom. The van der Waals surface area contributed by atoms with Crippen LogP contribution in [0, 0.1) is 0 Å². The van der Waals surface area contributed by atoms with Gasteiger partial charge in [-0.1, -0.05) is 24.3 Å². The maximum atomic E-state index is 11.5. The number of carbonyl (C=O) groups is 1.